The lowest BCUT2D eigenvalue weighted by Gasteiger charge is -2.26. The predicted molar refractivity (Wildman–Crippen MR) is 107 cm³/mol. The van der Waals surface area contributed by atoms with Crippen molar-refractivity contribution in [3.8, 4) is 0 Å². The van der Waals surface area contributed by atoms with Crippen molar-refractivity contribution >= 4 is 22.8 Å². The Labute approximate surface area is 160 Å². The van der Waals surface area contributed by atoms with E-state index in [4.69, 9.17) is 10.5 Å². The molecular formula is C21H31N3O3. The third-order valence-corrected chi connectivity index (χ3v) is 4.31. The van der Waals surface area contributed by atoms with E-state index in [0.29, 0.717) is 19.4 Å². The average molecular weight is 373 g/mol. The topological polar surface area (TPSA) is 97.2 Å². The summed E-state index contributed by atoms with van der Waals surface area (Å²) in [5.74, 6) is -0.407. The van der Waals surface area contributed by atoms with Crippen LogP contribution in [0.1, 0.15) is 57.8 Å². The SMILES string of the molecule is Cc1cc2cc(C(NCC(C)CCC(N)=O)C(=O)OC(C)(C)C)ccc2[nH]1. The minimum absolute atomic E-state index is 0.209. The van der Waals surface area contributed by atoms with Gasteiger partial charge < -0.3 is 20.8 Å². The van der Waals surface area contributed by atoms with Crippen molar-refractivity contribution in [2.75, 3.05) is 6.54 Å². The van der Waals surface area contributed by atoms with Crippen LogP contribution in [0.3, 0.4) is 0 Å². The zero-order chi connectivity index (χ0) is 20.2. The van der Waals surface area contributed by atoms with Crippen molar-refractivity contribution < 1.29 is 14.3 Å². The number of carbonyl (C=O) groups excluding carboxylic acids is 2. The molecule has 0 aliphatic carbocycles. The second-order valence-corrected chi connectivity index (χ2v) is 8.28. The van der Waals surface area contributed by atoms with E-state index in [0.717, 1.165) is 22.2 Å². The number of H-pyrrole nitrogens is 1. The van der Waals surface area contributed by atoms with Crippen LogP contribution in [-0.4, -0.2) is 29.0 Å². The quantitative estimate of drug-likeness (QED) is 0.618. The molecule has 2 aromatic rings. The lowest BCUT2D eigenvalue weighted by atomic mass is 10.0. The number of nitrogens with two attached hydrogens (primary N) is 1. The van der Waals surface area contributed by atoms with Gasteiger partial charge in [0.05, 0.1) is 0 Å². The summed E-state index contributed by atoms with van der Waals surface area (Å²) in [6.45, 7) is 10.2. The summed E-state index contributed by atoms with van der Waals surface area (Å²) in [7, 11) is 0. The molecule has 0 fully saturated rings. The van der Waals surface area contributed by atoms with Gasteiger partial charge in [-0.2, -0.15) is 0 Å². The minimum Gasteiger partial charge on any atom is -0.459 e. The van der Waals surface area contributed by atoms with Gasteiger partial charge in [-0.05, 0) is 75.7 Å². The van der Waals surface area contributed by atoms with Gasteiger partial charge in [-0.15, -0.1) is 0 Å². The number of aryl methyl sites for hydroxylation is 1. The van der Waals surface area contributed by atoms with E-state index in [2.05, 4.69) is 16.4 Å². The van der Waals surface area contributed by atoms with E-state index in [1.165, 1.54) is 0 Å². The number of benzene rings is 1. The first-order chi connectivity index (χ1) is 12.5. The van der Waals surface area contributed by atoms with Gasteiger partial charge in [-0.25, -0.2) is 4.79 Å². The molecule has 0 radical (unpaired) electrons. The van der Waals surface area contributed by atoms with Crippen LogP contribution in [-0.2, 0) is 14.3 Å². The summed E-state index contributed by atoms with van der Waals surface area (Å²) in [5.41, 5.74) is 7.63. The molecule has 1 aromatic heterocycles. The Morgan fingerprint density at radius 1 is 1.26 bits per heavy atom. The Bertz CT molecular complexity index is 805. The molecule has 2 atom stereocenters. The van der Waals surface area contributed by atoms with Crippen molar-refractivity contribution in [1.29, 1.82) is 0 Å². The van der Waals surface area contributed by atoms with Gasteiger partial charge in [0.1, 0.15) is 11.6 Å². The van der Waals surface area contributed by atoms with Crippen molar-refractivity contribution in [2.24, 2.45) is 11.7 Å². The number of ether oxygens (including phenoxy) is 1. The van der Waals surface area contributed by atoms with E-state index in [9.17, 15) is 9.59 Å². The normalized spacial score (nSPS) is 14.1. The van der Waals surface area contributed by atoms with Crippen LogP contribution in [0, 0.1) is 12.8 Å². The Hall–Kier alpha value is -2.34. The standard InChI is InChI=1S/C21H31N3O3/c1-13(6-9-18(22)25)12-23-19(20(26)27-21(3,4)5)15-7-8-17-16(11-15)10-14(2)24-17/h7-8,10-11,13,19,23-24H,6,9,12H2,1-5H3,(H2,22,25). The average Bonchev–Trinajstić information content (AvgIpc) is 2.90. The smallest absolute Gasteiger partial charge is 0.328 e. The number of hydrogen-bond acceptors (Lipinski definition) is 4. The van der Waals surface area contributed by atoms with Crippen molar-refractivity contribution in [1.82, 2.24) is 10.3 Å². The van der Waals surface area contributed by atoms with Gasteiger partial charge in [0.2, 0.25) is 5.91 Å². The van der Waals surface area contributed by atoms with Crippen LogP contribution in [0.15, 0.2) is 24.3 Å². The zero-order valence-electron chi connectivity index (χ0n) is 16.9. The Kier molecular flexibility index (Phi) is 6.65. The van der Waals surface area contributed by atoms with Gasteiger partial charge in [-0.1, -0.05) is 13.0 Å². The highest BCUT2D eigenvalue weighted by molar-refractivity contribution is 5.84. The lowest BCUT2D eigenvalue weighted by molar-refractivity contribution is -0.157. The first kappa shape index (κ1) is 21.0. The fraction of sp³-hybridized carbons (Fsp3) is 0.524. The lowest BCUT2D eigenvalue weighted by Crippen LogP contribution is -2.37. The third-order valence-electron chi connectivity index (χ3n) is 4.31. The van der Waals surface area contributed by atoms with E-state index in [1.54, 1.807) is 0 Å². The molecule has 1 aromatic carbocycles. The molecule has 0 aliphatic rings. The van der Waals surface area contributed by atoms with Crippen LogP contribution in [0.5, 0.6) is 0 Å². The number of hydrogen-bond donors (Lipinski definition) is 3. The molecule has 148 valence electrons. The summed E-state index contributed by atoms with van der Waals surface area (Å²) in [4.78, 5) is 27.1. The molecule has 2 unspecified atom stereocenters. The van der Waals surface area contributed by atoms with Crippen LogP contribution >= 0.6 is 0 Å². The van der Waals surface area contributed by atoms with Crippen molar-refractivity contribution in [3.05, 3.63) is 35.5 Å². The zero-order valence-corrected chi connectivity index (χ0v) is 16.9. The molecule has 2 rings (SSSR count). The number of carbonyl (C=O) groups is 2. The molecule has 6 nitrogen and oxygen atoms in total. The highest BCUT2D eigenvalue weighted by Gasteiger charge is 2.27. The van der Waals surface area contributed by atoms with Gasteiger partial charge in [0.15, 0.2) is 0 Å². The Balaban J connectivity index is 2.19. The van der Waals surface area contributed by atoms with E-state index >= 15 is 0 Å². The second-order valence-electron chi connectivity index (χ2n) is 8.28. The Morgan fingerprint density at radius 3 is 2.59 bits per heavy atom. The number of nitrogens with one attached hydrogen (secondary N) is 2. The largest absolute Gasteiger partial charge is 0.459 e. The minimum atomic E-state index is -0.570. The molecule has 0 saturated heterocycles. The fourth-order valence-electron chi connectivity index (χ4n) is 2.98. The first-order valence-corrected chi connectivity index (χ1v) is 9.39. The maximum absolute atomic E-state index is 12.8. The molecular weight excluding hydrogens is 342 g/mol. The summed E-state index contributed by atoms with van der Waals surface area (Å²) in [6.07, 6.45) is 1.02. The third kappa shape index (κ3) is 6.40. The highest BCUT2D eigenvalue weighted by atomic mass is 16.6. The number of amides is 1. The molecule has 1 amide bonds. The molecule has 6 heteroatoms. The Morgan fingerprint density at radius 2 is 1.96 bits per heavy atom. The summed E-state index contributed by atoms with van der Waals surface area (Å²) in [5, 5.41) is 4.37. The van der Waals surface area contributed by atoms with Gasteiger partial charge in [-0.3, -0.25) is 4.79 Å². The predicted octanol–water partition coefficient (Wildman–Crippen LogP) is 3.35. The maximum atomic E-state index is 12.8. The monoisotopic (exact) mass is 373 g/mol. The number of esters is 1. The van der Waals surface area contributed by atoms with Crippen molar-refractivity contribution in [2.45, 2.75) is 59.1 Å². The molecule has 0 aliphatic heterocycles. The molecule has 0 bridgehead atoms. The molecule has 4 N–H and O–H groups in total. The maximum Gasteiger partial charge on any atom is 0.328 e. The molecule has 0 spiro atoms. The van der Waals surface area contributed by atoms with Crippen LogP contribution in [0.25, 0.3) is 10.9 Å². The molecule has 1 heterocycles. The summed E-state index contributed by atoms with van der Waals surface area (Å²) >= 11 is 0. The van der Waals surface area contributed by atoms with Crippen LogP contribution in [0.2, 0.25) is 0 Å². The van der Waals surface area contributed by atoms with E-state index in [-0.39, 0.29) is 17.8 Å². The van der Waals surface area contributed by atoms with E-state index in [1.807, 2.05) is 52.8 Å². The van der Waals surface area contributed by atoms with Gasteiger partial charge in [0.25, 0.3) is 0 Å². The number of primary amides is 1. The molecule has 27 heavy (non-hydrogen) atoms. The summed E-state index contributed by atoms with van der Waals surface area (Å²) in [6, 6.07) is 7.41. The summed E-state index contributed by atoms with van der Waals surface area (Å²) < 4.78 is 5.62. The van der Waals surface area contributed by atoms with Gasteiger partial charge >= 0.3 is 5.97 Å². The van der Waals surface area contributed by atoms with Crippen LogP contribution in [0.4, 0.5) is 0 Å². The molecule has 0 saturated carbocycles. The van der Waals surface area contributed by atoms with Crippen LogP contribution < -0.4 is 11.1 Å². The van der Waals surface area contributed by atoms with Crippen molar-refractivity contribution in [3.63, 3.8) is 0 Å². The number of rotatable bonds is 8. The second kappa shape index (κ2) is 8.57. The number of aromatic amines is 1. The highest BCUT2D eigenvalue weighted by Crippen LogP contribution is 2.24. The fourth-order valence-corrected chi connectivity index (χ4v) is 2.98. The first-order valence-electron chi connectivity index (χ1n) is 9.39. The number of aromatic nitrogens is 1. The van der Waals surface area contributed by atoms with Gasteiger partial charge in [0, 0.05) is 17.6 Å². The van der Waals surface area contributed by atoms with E-state index < -0.39 is 11.6 Å². The number of fused-ring (bicyclic) bond motifs is 1.